The van der Waals surface area contributed by atoms with Gasteiger partial charge in [0.1, 0.15) is 4.49 Å². The van der Waals surface area contributed by atoms with Crippen molar-refractivity contribution in [1.82, 2.24) is 0 Å². The molecule has 0 spiro atoms. The van der Waals surface area contributed by atoms with Gasteiger partial charge in [0.25, 0.3) is 0 Å². The minimum absolute atomic E-state index is 0.196. The van der Waals surface area contributed by atoms with Crippen LogP contribution < -0.4 is 0 Å². The Kier molecular flexibility index (Phi) is 9.41. The number of hydrogen-bond donors (Lipinski definition) is 0. The number of hydrogen-bond acceptors (Lipinski definition) is 2. The van der Waals surface area contributed by atoms with E-state index in [-0.39, 0.29) is 15.5 Å². The molecule has 3 rings (SSSR count). The van der Waals surface area contributed by atoms with Crippen LogP contribution in [-0.4, -0.2) is 29.3 Å². The normalized spacial score (nSPS) is 36.0. The summed E-state index contributed by atoms with van der Waals surface area (Å²) in [4.78, 5) is 0. The summed E-state index contributed by atoms with van der Waals surface area (Å²) < 4.78 is 14.6. The maximum Gasteiger partial charge on any atom is 0.192 e. The fourth-order valence-corrected chi connectivity index (χ4v) is 10.2. The quantitative estimate of drug-likeness (QED) is 0.287. The molecule has 3 aliphatic carbocycles. The third-order valence-corrected chi connectivity index (χ3v) is 21.8. The van der Waals surface area contributed by atoms with Gasteiger partial charge in [-0.25, -0.2) is 0 Å². The van der Waals surface area contributed by atoms with Crippen LogP contribution in [0.4, 0.5) is 0 Å². The zero-order chi connectivity index (χ0) is 28.2. The minimum Gasteiger partial charge on any atom is -0.417 e. The van der Waals surface area contributed by atoms with E-state index in [4.69, 9.17) is 32.1 Å². The molecule has 216 valence electrons. The second-order valence-corrected chi connectivity index (χ2v) is 26.9. The van der Waals surface area contributed by atoms with E-state index in [1.807, 2.05) is 0 Å². The highest BCUT2D eigenvalue weighted by atomic mass is 35.5. The van der Waals surface area contributed by atoms with Gasteiger partial charge in [-0.2, -0.15) is 0 Å². The van der Waals surface area contributed by atoms with Crippen molar-refractivity contribution in [2.45, 2.75) is 149 Å². The lowest BCUT2D eigenvalue weighted by molar-refractivity contribution is -0.0613. The van der Waals surface area contributed by atoms with Crippen LogP contribution in [0.2, 0.25) is 36.3 Å². The van der Waals surface area contributed by atoms with Gasteiger partial charge in [0.2, 0.25) is 0 Å². The summed E-state index contributed by atoms with van der Waals surface area (Å²) in [6.07, 6.45) is 10.1. The minimum atomic E-state index is -1.82. The van der Waals surface area contributed by atoms with Gasteiger partial charge in [-0.1, -0.05) is 78.6 Å². The van der Waals surface area contributed by atoms with Crippen LogP contribution in [0.15, 0.2) is 10.1 Å². The third-order valence-electron chi connectivity index (χ3n) is 12.3. The largest absolute Gasteiger partial charge is 0.417 e. The molecular formula is C31H58Cl2O2Si2. The first kappa shape index (κ1) is 32.2. The molecule has 0 aromatic heterocycles. The first-order valence-corrected chi connectivity index (χ1v) is 21.6. The summed E-state index contributed by atoms with van der Waals surface area (Å²) in [6.45, 7) is 29.7. The number of fused-ring (bicyclic) bond motifs is 1. The smallest absolute Gasteiger partial charge is 0.192 e. The Labute approximate surface area is 242 Å². The highest BCUT2D eigenvalue weighted by Gasteiger charge is 2.54. The first-order chi connectivity index (χ1) is 16.6. The van der Waals surface area contributed by atoms with Crippen molar-refractivity contribution in [3.05, 3.63) is 10.1 Å². The molecule has 0 heterocycles. The number of halogens is 2. The van der Waals surface area contributed by atoms with Crippen molar-refractivity contribution < 1.29 is 8.85 Å². The van der Waals surface area contributed by atoms with Crippen molar-refractivity contribution in [3.8, 4) is 0 Å². The van der Waals surface area contributed by atoms with Crippen LogP contribution >= 0.6 is 23.2 Å². The number of allylic oxidation sites excluding steroid dienone is 1. The maximum atomic E-state index is 7.04. The SMILES string of the molecule is CC(C)(C)[Si](C)(C)OC[C@H]1CC(O[Si](C)(C)C(C)(C)C)CC[C@]1(C)C1CC[C@]2(C)C(=C(Cl)Cl)CCC2C1. The van der Waals surface area contributed by atoms with Crippen molar-refractivity contribution >= 4 is 39.8 Å². The van der Waals surface area contributed by atoms with Crippen LogP contribution in [-0.2, 0) is 8.85 Å². The summed E-state index contributed by atoms with van der Waals surface area (Å²) in [5.41, 5.74) is 1.82. The molecule has 0 N–H and O–H groups in total. The van der Waals surface area contributed by atoms with Crippen molar-refractivity contribution in [2.75, 3.05) is 6.61 Å². The molecule has 2 nitrogen and oxygen atoms in total. The third kappa shape index (κ3) is 6.45. The molecule has 37 heavy (non-hydrogen) atoms. The Morgan fingerprint density at radius 1 is 0.838 bits per heavy atom. The van der Waals surface area contributed by atoms with E-state index in [0.717, 1.165) is 25.4 Å². The standard InChI is InChI=1S/C31H58Cl2O2Si2/c1-28(2,3)36(9,10)34-21-24-20-25(35-37(11,12)29(4,5)6)16-18-30(24,7)23-15-17-31(8)22(19-23)13-14-26(31)27(32)33/h22-25H,13-21H2,1-12H3/t22?,23?,24-,25?,30-,31+/m1/s1. The summed E-state index contributed by atoms with van der Waals surface area (Å²) in [5.74, 6) is 1.99. The summed E-state index contributed by atoms with van der Waals surface area (Å²) in [7, 11) is -3.63. The van der Waals surface area contributed by atoms with E-state index < -0.39 is 16.6 Å². The van der Waals surface area contributed by atoms with Gasteiger partial charge in [0.05, 0.1) is 0 Å². The Hall–Kier alpha value is 0.674. The first-order valence-electron chi connectivity index (χ1n) is 15.0. The monoisotopic (exact) mass is 588 g/mol. The molecule has 0 bridgehead atoms. The van der Waals surface area contributed by atoms with Gasteiger partial charge in [0, 0.05) is 12.7 Å². The van der Waals surface area contributed by atoms with Gasteiger partial charge in [0.15, 0.2) is 16.6 Å². The molecule has 3 aliphatic rings. The van der Waals surface area contributed by atoms with Crippen molar-refractivity contribution in [1.29, 1.82) is 0 Å². The van der Waals surface area contributed by atoms with Gasteiger partial charge in [-0.05, 0) is 122 Å². The van der Waals surface area contributed by atoms with Gasteiger partial charge in [-0.3, -0.25) is 0 Å². The van der Waals surface area contributed by atoms with Gasteiger partial charge in [-0.15, -0.1) is 0 Å². The van der Waals surface area contributed by atoms with Crippen LogP contribution in [0.3, 0.4) is 0 Å². The van der Waals surface area contributed by atoms with Crippen LogP contribution in [0.25, 0.3) is 0 Å². The van der Waals surface area contributed by atoms with E-state index in [9.17, 15) is 0 Å². The predicted molar refractivity (Wildman–Crippen MR) is 168 cm³/mol. The van der Waals surface area contributed by atoms with E-state index in [0.29, 0.717) is 27.8 Å². The maximum absolute atomic E-state index is 7.04. The molecule has 0 aliphatic heterocycles. The fraction of sp³-hybridized carbons (Fsp3) is 0.935. The highest BCUT2D eigenvalue weighted by molar-refractivity contribution is 6.74. The molecule has 0 amide bonds. The Bertz CT molecular complexity index is 852. The summed E-state index contributed by atoms with van der Waals surface area (Å²) >= 11 is 12.7. The Balaban J connectivity index is 1.84. The molecule has 0 aromatic rings. The van der Waals surface area contributed by atoms with Crippen molar-refractivity contribution in [2.24, 2.45) is 28.6 Å². The molecule has 3 saturated carbocycles. The molecule has 0 radical (unpaired) electrons. The second kappa shape index (κ2) is 10.8. The molecule has 6 atom stereocenters. The highest BCUT2D eigenvalue weighted by Crippen LogP contribution is 2.62. The molecule has 0 aromatic carbocycles. The average Bonchev–Trinajstić information content (AvgIpc) is 3.08. The molecule has 3 unspecified atom stereocenters. The summed E-state index contributed by atoms with van der Waals surface area (Å²) in [5, 5.41) is 0.473. The molecule has 6 heteroatoms. The van der Waals surface area contributed by atoms with Crippen LogP contribution in [0.1, 0.15) is 107 Å². The lowest BCUT2D eigenvalue weighted by Gasteiger charge is -2.55. The lowest BCUT2D eigenvalue weighted by Crippen LogP contribution is -2.52. The van der Waals surface area contributed by atoms with Gasteiger partial charge < -0.3 is 8.85 Å². The average molecular weight is 590 g/mol. The van der Waals surface area contributed by atoms with E-state index in [1.165, 1.54) is 44.1 Å². The van der Waals surface area contributed by atoms with Crippen LogP contribution in [0.5, 0.6) is 0 Å². The second-order valence-electron chi connectivity index (χ2n) is 16.4. The van der Waals surface area contributed by atoms with E-state index >= 15 is 0 Å². The van der Waals surface area contributed by atoms with E-state index in [2.05, 4.69) is 81.6 Å². The predicted octanol–water partition coefficient (Wildman–Crippen LogP) is 11.1. The van der Waals surface area contributed by atoms with Crippen LogP contribution in [0, 0.1) is 28.6 Å². The van der Waals surface area contributed by atoms with Gasteiger partial charge >= 0.3 is 0 Å². The molecule has 3 fully saturated rings. The Morgan fingerprint density at radius 3 is 1.97 bits per heavy atom. The van der Waals surface area contributed by atoms with E-state index in [1.54, 1.807) is 0 Å². The van der Waals surface area contributed by atoms with Crippen molar-refractivity contribution in [3.63, 3.8) is 0 Å². The zero-order valence-electron chi connectivity index (χ0n) is 26.2. The number of rotatable bonds is 6. The topological polar surface area (TPSA) is 18.5 Å². The lowest BCUT2D eigenvalue weighted by atomic mass is 9.53. The fourth-order valence-electron chi connectivity index (χ4n) is 7.15. The summed E-state index contributed by atoms with van der Waals surface area (Å²) in [6, 6.07) is 0. The molecular weight excluding hydrogens is 531 g/mol. The Morgan fingerprint density at radius 2 is 1.43 bits per heavy atom. The zero-order valence-corrected chi connectivity index (χ0v) is 29.8. The molecule has 0 saturated heterocycles.